The summed E-state index contributed by atoms with van der Waals surface area (Å²) in [5.74, 6) is 0.506. The van der Waals surface area contributed by atoms with E-state index in [0.29, 0.717) is 23.7 Å². The molecule has 4 heteroatoms. The van der Waals surface area contributed by atoms with Crippen molar-refractivity contribution in [3.8, 4) is 11.5 Å². The van der Waals surface area contributed by atoms with E-state index in [4.69, 9.17) is 9.47 Å². The summed E-state index contributed by atoms with van der Waals surface area (Å²) in [4.78, 5) is 11.0. The molecule has 0 radical (unpaired) electrons. The molecule has 4 nitrogen and oxygen atoms in total. The molecule has 2 atom stereocenters. The minimum Gasteiger partial charge on any atom is -0.492 e. The second-order valence-corrected chi connectivity index (χ2v) is 5.07. The lowest BCUT2D eigenvalue weighted by molar-refractivity contribution is -0.131. The SMILES string of the molecule is CC(=O)Oc1ccc2c(c1)OCC(c1ccccc1)C2O. The van der Waals surface area contributed by atoms with Crippen molar-refractivity contribution in [2.24, 2.45) is 0 Å². The molecule has 2 unspecified atom stereocenters. The highest BCUT2D eigenvalue weighted by molar-refractivity contribution is 5.69. The van der Waals surface area contributed by atoms with E-state index >= 15 is 0 Å². The van der Waals surface area contributed by atoms with Crippen molar-refractivity contribution in [3.05, 3.63) is 59.7 Å². The van der Waals surface area contributed by atoms with Gasteiger partial charge in [0.25, 0.3) is 0 Å². The molecule has 0 bridgehead atoms. The molecule has 2 aromatic carbocycles. The lowest BCUT2D eigenvalue weighted by Gasteiger charge is -2.30. The van der Waals surface area contributed by atoms with Gasteiger partial charge in [-0.05, 0) is 17.7 Å². The Morgan fingerprint density at radius 1 is 1.24 bits per heavy atom. The summed E-state index contributed by atoms with van der Waals surface area (Å²) in [5, 5.41) is 10.6. The monoisotopic (exact) mass is 284 g/mol. The average molecular weight is 284 g/mol. The fourth-order valence-corrected chi connectivity index (χ4v) is 2.58. The Labute approximate surface area is 122 Å². The normalized spacial score (nSPS) is 20.3. The van der Waals surface area contributed by atoms with Crippen LogP contribution in [-0.2, 0) is 4.79 Å². The number of carbonyl (C=O) groups excluding carboxylic acids is 1. The van der Waals surface area contributed by atoms with Crippen molar-refractivity contribution in [2.75, 3.05) is 6.61 Å². The number of esters is 1. The summed E-state index contributed by atoms with van der Waals surface area (Å²) >= 11 is 0. The molecule has 0 amide bonds. The van der Waals surface area contributed by atoms with Crippen molar-refractivity contribution in [1.29, 1.82) is 0 Å². The van der Waals surface area contributed by atoms with E-state index in [9.17, 15) is 9.90 Å². The van der Waals surface area contributed by atoms with Gasteiger partial charge in [0.1, 0.15) is 11.5 Å². The molecule has 0 aliphatic carbocycles. The van der Waals surface area contributed by atoms with Crippen molar-refractivity contribution < 1.29 is 19.4 Å². The largest absolute Gasteiger partial charge is 0.492 e. The average Bonchev–Trinajstić information content (AvgIpc) is 2.48. The van der Waals surface area contributed by atoms with E-state index < -0.39 is 6.10 Å². The molecule has 1 heterocycles. The first-order valence-electron chi connectivity index (χ1n) is 6.83. The summed E-state index contributed by atoms with van der Waals surface area (Å²) in [6.07, 6.45) is -0.637. The second kappa shape index (κ2) is 5.58. The Hall–Kier alpha value is -2.33. The number of aliphatic hydroxyl groups excluding tert-OH is 1. The van der Waals surface area contributed by atoms with E-state index in [2.05, 4.69) is 0 Å². The Morgan fingerprint density at radius 2 is 2.00 bits per heavy atom. The third-order valence-electron chi connectivity index (χ3n) is 3.59. The maximum Gasteiger partial charge on any atom is 0.308 e. The number of carbonyl (C=O) groups is 1. The third-order valence-corrected chi connectivity index (χ3v) is 3.59. The van der Waals surface area contributed by atoms with E-state index in [1.165, 1.54) is 6.92 Å². The number of benzene rings is 2. The van der Waals surface area contributed by atoms with Gasteiger partial charge in [-0.1, -0.05) is 30.3 Å². The molecular weight excluding hydrogens is 268 g/mol. The van der Waals surface area contributed by atoms with Crippen molar-refractivity contribution in [2.45, 2.75) is 18.9 Å². The fourth-order valence-electron chi connectivity index (χ4n) is 2.58. The smallest absolute Gasteiger partial charge is 0.308 e. The van der Waals surface area contributed by atoms with Gasteiger partial charge in [0.2, 0.25) is 0 Å². The van der Waals surface area contributed by atoms with Crippen molar-refractivity contribution in [3.63, 3.8) is 0 Å². The quantitative estimate of drug-likeness (QED) is 0.680. The summed E-state index contributed by atoms with van der Waals surface area (Å²) < 4.78 is 10.8. The van der Waals surface area contributed by atoms with Crippen molar-refractivity contribution in [1.82, 2.24) is 0 Å². The minimum absolute atomic E-state index is 0.0988. The maximum absolute atomic E-state index is 11.0. The summed E-state index contributed by atoms with van der Waals surface area (Å²) in [6.45, 7) is 1.74. The molecule has 0 saturated carbocycles. The van der Waals surface area contributed by atoms with Gasteiger partial charge in [0.15, 0.2) is 0 Å². The Balaban J connectivity index is 1.89. The Morgan fingerprint density at radius 3 is 2.71 bits per heavy atom. The molecule has 21 heavy (non-hydrogen) atoms. The molecule has 108 valence electrons. The van der Waals surface area contributed by atoms with Gasteiger partial charge in [-0.2, -0.15) is 0 Å². The Kier molecular flexibility index (Phi) is 3.62. The van der Waals surface area contributed by atoms with Crippen LogP contribution in [0.25, 0.3) is 0 Å². The van der Waals surface area contributed by atoms with Crippen LogP contribution in [0, 0.1) is 0 Å². The highest BCUT2D eigenvalue weighted by Gasteiger charge is 2.30. The number of rotatable bonds is 2. The number of hydrogen-bond donors (Lipinski definition) is 1. The van der Waals surface area contributed by atoms with Crippen LogP contribution in [0.3, 0.4) is 0 Å². The lowest BCUT2D eigenvalue weighted by atomic mass is 9.87. The highest BCUT2D eigenvalue weighted by atomic mass is 16.5. The molecule has 0 saturated heterocycles. The van der Waals surface area contributed by atoms with Crippen LogP contribution >= 0.6 is 0 Å². The van der Waals surface area contributed by atoms with Gasteiger partial charge in [-0.3, -0.25) is 4.79 Å². The predicted molar refractivity (Wildman–Crippen MR) is 77.4 cm³/mol. The predicted octanol–water partition coefficient (Wildman–Crippen LogP) is 2.82. The molecule has 0 aromatic heterocycles. The third kappa shape index (κ3) is 2.76. The van der Waals surface area contributed by atoms with E-state index in [1.54, 1.807) is 18.2 Å². The first-order valence-corrected chi connectivity index (χ1v) is 6.83. The van der Waals surface area contributed by atoms with Gasteiger partial charge < -0.3 is 14.6 Å². The molecule has 1 N–H and O–H groups in total. The summed E-state index contributed by atoms with van der Waals surface area (Å²) in [6, 6.07) is 14.8. The van der Waals surface area contributed by atoms with Crippen LogP contribution in [0.15, 0.2) is 48.5 Å². The number of fused-ring (bicyclic) bond motifs is 1. The topological polar surface area (TPSA) is 55.8 Å². The number of hydrogen-bond acceptors (Lipinski definition) is 4. The van der Waals surface area contributed by atoms with E-state index in [0.717, 1.165) is 5.56 Å². The number of aliphatic hydroxyl groups is 1. The van der Waals surface area contributed by atoms with Crippen LogP contribution < -0.4 is 9.47 Å². The first-order chi connectivity index (χ1) is 10.1. The van der Waals surface area contributed by atoms with Crippen LogP contribution in [0.5, 0.6) is 11.5 Å². The zero-order chi connectivity index (χ0) is 14.8. The second-order valence-electron chi connectivity index (χ2n) is 5.07. The summed E-state index contributed by atoms with van der Waals surface area (Å²) in [7, 11) is 0. The molecule has 2 aromatic rings. The molecule has 1 aliphatic rings. The van der Waals surface area contributed by atoms with Crippen LogP contribution in [-0.4, -0.2) is 17.7 Å². The Bertz CT molecular complexity index is 651. The van der Waals surface area contributed by atoms with Crippen LogP contribution in [0.2, 0.25) is 0 Å². The van der Waals surface area contributed by atoms with Gasteiger partial charge in [0.05, 0.1) is 12.7 Å². The zero-order valence-corrected chi connectivity index (χ0v) is 11.7. The van der Waals surface area contributed by atoms with Crippen LogP contribution in [0.1, 0.15) is 30.1 Å². The summed E-state index contributed by atoms with van der Waals surface area (Å²) in [5.41, 5.74) is 1.76. The molecule has 0 spiro atoms. The molecule has 3 rings (SSSR count). The van der Waals surface area contributed by atoms with Gasteiger partial charge in [0, 0.05) is 24.5 Å². The number of ether oxygens (including phenoxy) is 2. The highest BCUT2D eigenvalue weighted by Crippen LogP contribution is 2.41. The minimum atomic E-state index is -0.637. The molecule has 0 fully saturated rings. The standard InChI is InChI=1S/C17H16O4/c1-11(18)21-13-7-8-14-16(9-13)20-10-15(17(14)19)12-5-3-2-4-6-12/h2-9,15,17,19H,10H2,1H3. The maximum atomic E-state index is 11.0. The van der Waals surface area contributed by atoms with E-state index in [-0.39, 0.29) is 11.9 Å². The van der Waals surface area contributed by atoms with Crippen LogP contribution in [0.4, 0.5) is 0 Å². The molecule has 1 aliphatic heterocycles. The van der Waals surface area contributed by atoms with Gasteiger partial charge >= 0.3 is 5.97 Å². The molecular formula is C17H16O4. The van der Waals surface area contributed by atoms with Gasteiger partial charge in [-0.25, -0.2) is 0 Å². The zero-order valence-electron chi connectivity index (χ0n) is 11.7. The lowest BCUT2D eigenvalue weighted by Crippen LogP contribution is -2.24. The van der Waals surface area contributed by atoms with Crippen molar-refractivity contribution >= 4 is 5.97 Å². The fraction of sp³-hybridized carbons (Fsp3) is 0.235. The van der Waals surface area contributed by atoms with E-state index in [1.807, 2.05) is 30.3 Å². The van der Waals surface area contributed by atoms with Gasteiger partial charge in [-0.15, -0.1) is 0 Å². The first kappa shape index (κ1) is 13.6.